The number of unbranched alkanes of at least 4 members (excludes halogenated alkanes) is 3. The fourth-order valence-corrected chi connectivity index (χ4v) is 6.01. The van der Waals surface area contributed by atoms with E-state index in [0.29, 0.717) is 36.5 Å². The number of tetrazole rings is 1. The fraction of sp³-hybridized carbons (Fsp3) is 0.571. The second-order valence-corrected chi connectivity index (χ2v) is 13.4. The first-order valence-corrected chi connectivity index (χ1v) is 16.8. The monoisotopic (exact) mass is 679 g/mol. The fourth-order valence-electron chi connectivity index (χ4n) is 6.01. The van der Waals surface area contributed by atoms with Crippen molar-refractivity contribution in [3.05, 3.63) is 55.4 Å². The summed E-state index contributed by atoms with van der Waals surface area (Å²) < 4.78 is 16.0. The number of benzene rings is 1. The van der Waals surface area contributed by atoms with Crippen molar-refractivity contribution < 1.29 is 33.4 Å². The van der Waals surface area contributed by atoms with Gasteiger partial charge in [-0.3, -0.25) is 9.59 Å². The molecule has 4 rings (SSSR count). The second-order valence-electron chi connectivity index (χ2n) is 13.4. The Hall–Kier alpha value is -4.75. The molecule has 2 aromatic rings. The molecular formula is C35H49N7O7. The number of aromatic nitrogens is 4. The molecule has 3 amide bonds. The predicted molar refractivity (Wildman–Crippen MR) is 181 cm³/mol. The molecule has 0 radical (unpaired) electrons. The minimum Gasteiger partial charge on any atom is -0.497 e. The van der Waals surface area contributed by atoms with Gasteiger partial charge in [0.15, 0.2) is 5.82 Å². The third-order valence-corrected chi connectivity index (χ3v) is 8.66. The van der Waals surface area contributed by atoms with Crippen molar-refractivity contribution in [2.24, 2.45) is 5.92 Å². The van der Waals surface area contributed by atoms with Crippen molar-refractivity contribution in [3.8, 4) is 11.4 Å². The van der Waals surface area contributed by atoms with E-state index in [1.54, 1.807) is 65.1 Å². The molecule has 2 N–H and O–H groups in total. The molecule has 5 atom stereocenters. The first-order chi connectivity index (χ1) is 23.3. The van der Waals surface area contributed by atoms with Gasteiger partial charge in [0, 0.05) is 18.4 Å². The van der Waals surface area contributed by atoms with E-state index in [4.69, 9.17) is 14.2 Å². The van der Waals surface area contributed by atoms with Crippen molar-refractivity contribution >= 4 is 23.9 Å². The summed E-state index contributed by atoms with van der Waals surface area (Å²) in [6, 6.07) is 5.17. The minimum atomic E-state index is -1.25. The first-order valence-electron chi connectivity index (χ1n) is 16.8. The van der Waals surface area contributed by atoms with Crippen LogP contribution < -0.4 is 15.4 Å². The third kappa shape index (κ3) is 9.24. The summed E-state index contributed by atoms with van der Waals surface area (Å²) in [4.78, 5) is 57.2. The predicted octanol–water partition coefficient (Wildman–Crippen LogP) is 4.01. The number of carbonyl (C=O) groups excluding carboxylic acids is 4. The number of esters is 1. The quantitative estimate of drug-likeness (QED) is 0.150. The van der Waals surface area contributed by atoms with Crippen LogP contribution in [0.3, 0.4) is 0 Å². The number of nitrogens with zero attached hydrogens (tertiary/aromatic N) is 5. The maximum atomic E-state index is 14.4. The second kappa shape index (κ2) is 16.1. The lowest BCUT2D eigenvalue weighted by Gasteiger charge is -2.30. The highest BCUT2D eigenvalue weighted by Gasteiger charge is 2.62. The van der Waals surface area contributed by atoms with Gasteiger partial charge in [0.1, 0.15) is 29.0 Å². The summed E-state index contributed by atoms with van der Waals surface area (Å²) in [6.45, 7) is 14.7. The molecule has 1 aromatic heterocycles. The van der Waals surface area contributed by atoms with Gasteiger partial charge in [-0.1, -0.05) is 25.0 Å². The number of hydrogen-bond acceptors (Lipinski definition) is 10. The number of amides is 3. The number of rotatable bonds is 16. The largest absolute Gasteiger partial charge is 0.497 e. The third-order valence-electron chi connectivity index (χ3n) is 8.66. The van der Waals surface area contributed by atoms with Crippen LogP contribution >= 0.6 is 0 Å². The van der Waals surface area contributed by atoms with Gasteiger partial charge in [-0.05, 0) is 89.3 Å². The Labute approximate surface area is 287 Å². The van der Waals surface area contributed by atoms with E-state index in [1.807, 2.05) is 6.08 Å². The summed E-state index contributed by atoms with van der Waals surface area (Å²) in [5.41, 5.74) is -1.38. The van der Waals surface area contributed by atoms with E-state index in [9.17, 15) is 19.2 Å². The zero-order valence-corrected chi connectivity index (χ0v) is 29.1. The van der Waals surface area contributed by atoms with Gasteiger partial charge in [-0.25, -0.2) is 9.59 Å². The van der Waals surface area contributed by atoms with Crippen LogP contribution in [0.4, 0.5) is 4.79 Å². The van der Waals surface area contributed by atoms with Crippen molar-refractivity contribution in [2.75, 3.05) is 20.3 Å². The normalized spacial score (nSPS) is 22.1. The molecule has 2 aliphatic rings. The van der Waals surface area contributed by atoms with Crippen molar-refractivity contribution in [1.29, 1.82) is 0 Å². The lowest BCUT2D eigenvalue weighted by Crippen LogP contribution is -2.56. The molecule has 0 spiro atoms. The summed E-state index contributed by atoms with van der Waals surface area (Å²) >= 11 is 0. The Morgan fingerprint density at radius 1 is 1.12 bits per heavy atom. The van der Waals surface area contributed by atoms with Crippen LogP contribution in [0.5, 0.6) is 5.75 Å². The van der Waals surface area contributed by atoms with Gasteiger partial charge in [-0.2, -0.15) is 0 Å². The molecule has 2 fully saturated rings. The van der Waals surface area contributed by atoms with Gasteiger partial charge in [0.2, 0.25) is 11.8 Å². The average molecular weight is 680 g/mol. The highest BCUT2D eigenvalue weighted by molar-refractivity contribution is 5.96. The molecule has 14 heteroatoms. The maximum Gasteiger partial charge on any atom is 0.408 e. The summed E-state index contributed by atoms with van der Waals surface area (Å²) in [5, 5.41) is 18.7. The topological polar surface area (TPSA) is 167 Å². The number of carbonyl (C=O) groups is 4. The van der Waals surface area contributed by atoms with Gasteiger partial charge in [0.05, 0.1) is 19.4 Å². The number of likely N-dealkylation sites (tertiary alicyclic amines) is 1. The van der Waals surface area contributed by atoms with Crippen LogP contribution in [-0.4, -0.2) is 92.5 Å². The molecule has 1 aromatic carbocycles. The number of ether oxygens (including phenoxy) is 3. The van der Waals surface area contributed by atoms with Crippen molar-refractivity contribution in [1.82, 2.24) is 35.7 Å². The van der Waals surface area contributed by atoms with E-state index in [0.717, 1.165) is 19.3 Å². The van der Waals surface area contributed by atoms with Crippen molar-refractivity contribution in [2.45, 2.75) is 102 Å². The maximum absolute atomic E-state index is 14.4. The molecule has 1 saturated carbocycles. The SMILES string of the molecule is C=CCCCCC[C@H](NC(=O)OC(C)(C)C)C(=O)N1C[C@H](c2nnn(-c3ccc(OC)cc3)n2)C[C@H]1C(=O)N[C@]1(C(=O)OCC)C[C@H]1C=C. The molecule has 1 saturated heterocycles. The smallest absolute Gasteiger partial charge is 0.408 e. The molecule has 1 aliphatic heterocycles. The van der Waals surface area contributed by atoms with Crippen molar-refractivity contribution in [3.63, 3.8) is 0 Å². The number of hydrogen-bond donors (Lipinski definition) is 2. The van der Waals surface area contributed by atoms with E-state index in [1.165, 1.54) is 9.70 Å². The van der Waals surface area contributed by atoms with Crippen LogP contribution in [-0.2, 0) is 23.9 Å². The Balaban J connectivity index is 1.62. The van der Waals surface area contributed by atoms with Crippen LogP contribution in [0.15, 0.2) is 49.6 Å². The van der Waals surface area contributed by atoms with E-state index < -0.39 is 53.0 Å². The Kier molecular flexibility index (Phi) is 12.2. The number of nitrogens with one attached hydrogen (secondary N) is 2. The zero-order chi connectivity index (χ0) is 35.8. The standard InChI is InChI=1S/C35H49N7O7/c1-8-11-12-13-14-15-27(36-33(46)49-34(4,5)6)31(44)41-22-23(29-38-40-42(39-29)25-16-18-26(47-7)19-17-25)20-28(41)30(43)37-35(21-24(35)9-2)32(45)48-10-3/h8-9,16-19,23-24,27-28H,1-2,10-15,20-22H2,3-7H3,(H,36,46)(H,37,43)/t23-,24-,27+,28+,35-/m1/s1. The number of allylic oxidation sites excluding steroid dienone is 1. The molecular weight excluding hydrogens is 630 g/mol. The van der Waals surface area contributed by atoms with Crippen LogP contribution in [0, 0.1) is 5.92 Å². The number of alkyl carbamates (subject to hydrolysis) is 1. The molecule has 2 heterocycles. The average Bonchev–Trinajstić information content (AvgIpc) is 3.36. The lowest BCUT2D eigenvalue weighted by atomic mass is 10.0. The minimum absolute atomic E-state index is 0.0888. The van der Waals surface area contributed by atoms with Gasteiger partial charge >= 0.3 is 12.1 Å². The van der Waals surface area contributed by atoms with Crippen LogP contribution in [0.1, 0.15) is 84.4 Å². The molecule has 49 heavy (non-hydrogen) atoms. The van der Waals surface area contributed by atoms with Gasteiger partial charge in [-0.15, -0.1) is 28.2 Å². The lowest BCUT2D eigenvalue weighted by molar-refractivity contribution is -0.150. The number of methoxy groups -OCH3 is 1. The summed E-state index contributed by atoms with van der Waals surface area (Å²) in [6.07, 6.45) is 6.78. The Morgan fingerprint density at radius 2 is 1.86 bits per heavy atom. The Morgan fingerprint density at radius 3 is 2.47 bits per heavy atom. The Bertz CT molecular complexity index is 1500. The van der Waals surface area contributed by atoms with E-state index in [-0.39, 0.29) is 25.5 Å². The zero-order valence-electron chi connectivity index (χ0n) is 29.1. The molecule has 1 aliphatic carbocycles. The molecule has 0 bridgehead atoms. The van der Waals surface area contributed by atoms with E-state index >= 15 is 0 Å². The molecule has 266 valence electrons. The summed E-state index contributed by atoms with van der Waals surface area (Å²) in [7, 11) is 1.58. The summed E-state index contributed by atoms with van der Waals surface area (Å²) in [5.74, 6) is -1.25. The molecule has 0 unspecified atom stereocenters. The van der Waals surface area contributed by atoms with Gasteiger partial charge < -0.3 is 29.7 Å². The van der Waals surface area contributed by atoms with Crippen LogP contribution in [0.25, 0.3) is 5.69 Å². The van der Waals surface area contributed by atoms with Gasteiger partial charge in [0.25, 0.3) is 0 Å². The molecule has 14 nitrogen and oxygen atoms in total. The first kappa shape index (κ1) is 37.1. The highest BCUT2D eigenvalue weighted by Crippen LogP contribution is 2.46. The van der Waals surface area contributed by atoms with Crippen LogP contribution in [0.2, 0.25) is 0 Å². The van der Waals surface area contributed by atoms with E-state index in [2.05, 4.69) is 39.2 Å². The highest BCUT2D eigenvalue weighted by atomic mass is 16.6.